The van der Waals surface area contributed by atoms with Gasteiger partial charge in [-0.05, 0) is 46.4 Å². The van der Waals surface area contributed by atoms with E-state index in [9.17, 15) is 4.79 Å². The molecule has 0 saturated carbocycles. The Bertz CT molecular complexity index is 811. The fraction of sp³-hybridized carbons (Fsp3) is 0.263. The third-order valence-corrected chi connectivity index (χ3v) is 4.38. The normalized spacial score (nSPS) is 10.5. The van der Waals surface area contributed by atoms with Crippen LogP contribution in [0.1, 0.15) is 11.1 Å². The van der Waals surface area contributed by atoms with E-state index in [1.807, 2.05) is 30.3 Å². The number of halogens is 1. The first-order valence-corrected chi connectivity index (χ1v) is 9.11. The molecule has 144 valence electrons. The monoisotopic (exact) mass is 484 g/mol. The lowest BCUT2D eigenvalue weighted by atomic mass is 10.2. The summed E-state index contributed by atoms with van der Waals surface area (Å²) in [7, 11) is 4.49. The molecule has 0 bridgehead atoms. The van der Waals surface area contributed by atoms with Crippen LogP contribution in [0.2, 0.25) is 0 Å². The number of nitrogens with zero attached hydrogens (tertiary/aromatic N) is 1. The summed E-state index contributed by atoms with van der Waals surface area (Å²) in [6.45, 7) is 0.353. The Hall–Kier alpha value is -2.49. The summed E-state index contributed by atoms with van der Waals surface area (Å²) in [4.78, 5) is 11.3. The second-order valence-corrected chi connectivity index (χ2v) is 6.47. The van der Waals surface area contributed by atoms with Gasteiger partial charge < -0.3 is 24.4 Å². The molecule has 0 aliphatic carbocycles. The Morgan fingerprint density at radius 1 is 1.15 bits per heavy atom. The molecule has 7 nitrogen and oxygen atoms in total. The predicted octanol–water partition coefficient (Wildman–Crippen LogP) is 2.98. The molecule has 0 radical (unpaired) electrons. The van der Waals surface area contributed by atoms with Crippen LogP contribution in [0.4, 0.5) is 0 Å². The number of esters is 1. The lowest BCUT2D eigenvalue weighted by Crippen LogP contribution is -2.13. The summed E-state index contributed by atoms with van der Waals surface area (Å²) in [5, 5.41) is 4.24. The lowest BCUT2D eigenvalue weighted by Gasteiger charge is -2.12. The summed E-state index contributed by atoms with van der Waals surface area (Å²) < 4.78 is 21.5. The number of hydrogen-bond donors (Lipinski definition) is 1. The molecule has 0 unspecified atom stereocenters. The topological polar surface area (TPSA) is 78.4 Å². The van der Waals surface area contributed by atoms with Crippen molar-refractivity contribution in [1.29, 1.82) is 0 Å². The smallest absolute Gasteiger partial charge is 0.343 e. The van der Waals surface area contributed by atoms with Gasteiger partial charge in [0.25, 0.3) is 0 Å². The van der Waals surface area contributed by atoms with Crippen molar-refractivity contribution >= 4 is 34.8 Å². The minimum atomic E-state index is -0.459. The number of carbonyl (C=O) groups is 1. The van der Waals surface area contributed by atoms with Gasteiger partial charge in [0.1, 0.15) is 5.75 Å². The van der Waals surface area contributed by atoms with Gasteiger partial charge in [-0.3, -0.25) is 0 Å². The molecule has 2 rings (SSSR count). The van der Waals surface area contributed by atoms with E-state index in [0.717, 1.165) is 20.4 Å². The first-order valence-electron chi connectivity index (χ1n) is 8.04. The Morgan fingerprint density at radius 3 is 2.59 bits per heavy atom. The highest BCUT2D eigenvalue weighted by Gasteiger charge is 2.13. The summed E-state index contributed by atoms with van der Waals surface area (Å²) in [5.74, 6) is 1.35. The van der Waals surface area contributed by atoms with Crippen LogP contribution in [0.5, 0.6) is 17.2 Å². The standard InChI is InChI=1S/C19H21IN2O5/c1-24-16-7-5-4-6-14(16)11-22-21-10-13-8-15(20)19(17(9-13)25-2)27-12-18(23)26-3/h4-10,22H,11-12H2,1-3H3/b21-10-. The zero-order chi connectivity index (χ0) is 19.6. The van der Waals surface area contributed by atoms with Crippen LogP contribution in [0.15, 0.2) is 41.5 Å². The number of carbonyl (C=O) groups excluding carboxylic acids is 1. The lowest BCUT2D eigenvalue weighted by molar-refractivity contribution is -0.142. The van der Waals surface area contributed by atoms with Crippen molar-refractivity contribution in [3.8, 4) is 17.2 Å². The molecule has 0 spiro atoms. The van der Waals surface area contributed by atoms with Crippen LogP contribution >= 0.6 is 22.6 Å². The molecule has 2 aromatic rings. The van der Waals surface area contributed by atoms with Crippen LogP contribution in [0.3, 0.4) is 0 Å². The van der Waals surface area contributed by atoms with Crippen LogP contribution < -0.4 is 19.6 Å². The summed E-state index contributed by atoms with van der Waals surface area (Å²) in [5.41, 5.74) is 4.84. The van der Waals surface area contributed by atoms with Gasteiger partial charge in [0.2, 0.25) is 0 Å². The van der Waals surface area contributed by atoms with E-state index in [0.29, 0.717) is 18.0 Å². The Balaban J connectivity index is 2.04. The Kier molecular flexibility index (Phi) is 8.18. The second kappa shape index (κ2) is 10.6. The van der Waals surface area contributed by atoms with Gasteiger partial charge in [-0.25, -0.2) is 4.79 Å². The fourth-order valence-corrected chi connectivity index (χ4v) is 3.03. The van der Waals surface area contributed by atoms with Gasteiger partial charge in [-0.1, -0.05) is 18.2 Å². The average molecular weight is 484 g/mol. The highest BCUT2D eigenvalue weighted by Crippen LogP contribution is 2.33. The molecule has 0 amide bonds. The van der Waals surface area contributed by atoms with E-state index in [1.54, 1.807) is 19.4 Å². The van der Waals surface area contributed by atoms with Crippen molar-refractivity contribution < 1.29 is 23.7 Å². The van der Waals surface area contributed by atoms with E-state index in [1.165, 1.54) is 14.2 Å². The predicted molar refractivity (Wildman–Crippen MR) is 111 cm³/mol. The molecule has 27 heavy (non-hydrogen) atoms. The molecule has 2 aromatic carbocycles. The van der Waals surface area contributed by atoms with Gasteiger partial charge in [0, 0.05) is 5.56 Å². The van der Waals surface area contributed by atoms with Gasteiger partial charge in [0.05, 0.1) is 37.7 Å². The van der Waals surface area contributed by atoms with Gasteiger partial charge >= 0.3 is 5.97 Å². The number of nitrogens with one attached hydrogen (secondary N) is 1. The molecular weight excluding hydrogens is 463 g/mol. The largest absolute Gasteiger partial charge is 0.496 e. The summed E-state index contributed by atoms with van der Waals surface area (Å²) >= 11 is 2.12. The Labute approximate surface area is 171 Å². The third-order valence-electron chi connectivity index (χ3n) is 3.58. The van der Waals surface area contributed by atoms with Crippen molar-refractivity contribution in [1.82, 2.24) is 5.43 Å². The van der Waals surface area contributed by atoms with E-state index in [4.69, 9.17) is 14.2 Å². The SMILES string of the molecule is COC(=O)COc1c(I)cc(/C=N\NCc2ccccc2OC)cc1OC. The molecule has 0 fully saturated rings. The minimum absolute atomic E-state index is 0.184. The van der Waals surface area contributed by atoms with Crippen molar-refractivity contribution in [2.45, 2.75) is 6.54 Å². The molecule has 0 saturated heterocycles. The van der Waals surface area contributed by atoms with Crippen molar-refractivity contribution in [2.24, 2.45) is 5.10 Å². The van der Waals surface area contributed by atoms with Crippen molar-refractivity contribution in [2.75, 3.05) is 27.9 Å². The van der Waals surface area contributed by atoms with E-state index < -0.39 is 5.97 Å². The maximum absolute atomic E-state index is 11.3. The number of benzene rings is 2. The number of para-hydroxylation sites is 1. The average Bonchev–Trinajstić information content (AvgIpc) is 2.69. The first-order chi connectivity index (χ1) is 13.1. The molecule has 0 aliphatic rings. The van der Waals surface area contributed by atoms with Gasteiger partial charge in [-0.15, -0.1) is 0 Å². The van der Waals surface area contributed by atoms with Crippen molar-refractivity contribution in [3.05, 3.63) is 51.1 Å². The molecule has 8 heteroatoms. The summed E-state index contributed by atoms with van der Waals surface area (Å²) in [6.07, 6.45) is 1.68. The first kappa shape index (κ1) is 20.8. The fourth-order valence-electron chi connectivity index (χ4n) is 2.24. The quantitative estimate of drug-likeness (QED) is 0.255. The highest BCUT2D eigenvalue weighted by atomic mass is 127. The number of rotatable bonds is 9. The van der Waals surface area contributed by atoms with Crippen LogP contribution in [-0.4, -0.2) is 40.1 Å². The molecule has 0 atom stereocenters. The highest BCUT2D eigenvalue weighted by molar-refractivity contribution is 14.1. The van der Waals surface area contributed by atoms with Crippen LogP contribution in [0.25, 0.3) is 0 Å². The van der Waals surface area contributed by atoms with Crippen LogP contribution in [0, 0.1) is 3.57 Å². The minimum Gasteiger partial charge on any atom is -0.496 e. The molecule has 1 N–H and O–H groups in total. The number of ether oxygens (including phenoxy) is 4. The summed E-state index contributed by atoms with van der Waals surface area (Å²) in [6, 6.07) is 11.4. The second-order valence-electron chi connectivity index (χ2n) is 5.30. The maximum atomic E-state index is 11.3. The maximum Gasteiger partial charge on any atom is 0.343 e. The zero-order valence-corrected chi connectivity index (χ0v) is 17.5. The van der Waals surface area contributed by atoms with Crippen LogP contribution in [-0.2, 0) is 16.1 Å². The number of hydrogen-bond acceptors (Lipinski definition) is 7. The number of hydrazone groups is 1. The van der Waals surface area contributed by atoms with Gasteiger partial charge in [0.15, 0.2) is 18.1 Å². The van der Waals surface area contributed by atoms with Gasteiger partial charge in [-0.2, -0.15) is 5.10 Å². The van der Waals surface area contributed by atoms with E-state index >= 15 is 0 Å². The molecule has 0 heterocycles. The van der Waals surface area contributed by atoms with E-state index in [-0.39, 0.29) is 6.61 Å². The molecular formula is C19H21IN2O5. The molecule has 0 aromatic heterocycles. The Morgan fingerprint density at radius 2 is 1.89 bits per heavy atom. The number of methoxy groups -OCH3 is 3. The van der Waals surface area contributed by atoms with Crippen molar-refractivity contribution in [3.63, 3.8) is 0 Å². The van der Waals surface area contributed by atoms with E-state index in [2.05, 4.69) is 37.9 Å². The molecule has 0 aliphatic heterocycles. The zero-order valence-electron chi connectivity index (χ0n) is 15.3. The third kappa shape index (κ3) is 6.02.